The Kier molecular flexibility index (Phi) is 10.3. The van der Waals surface area contributed by atoms with Gasteiger partial charge in [0.1, 0.15) is 11.5 Å². The Morgan fingerprint density at radius 2 is 1.66 bits per heavy atom. The van der Waals surface area contributed by atoms with Crippen molar-refractivity contribution >= 4 is 29.4 Å². The number of ether oxygens (including phenoxy) is 2. The SMILES string of the molecule is CCOc1cc(OCC)cc(C(CC(=O)ON)NC(=O)CNC(=O)c2cccc(N=C(N)N)c2)c1. The minimum atomic E-state index is -0.819. The first-order valence-electron chi connectivity index (χ1n) is 10.8. The van der Waals surface area contributed by atoms with Crippen molar-refractivity contribution in [1.82, 2.24) is 10.6 Å². The summed E-state index contributed by atoms with van der Waals surface area (Å²) in [5.74, 6) is 4.05. The van der Waals surface area contributed by atoms with Gasteiger partial charge in [0, 0.05) is 11.6 Å². The first-order valence-corrected chi connectivity index (χ1v) is 10.8. The Bertz CT molecular complexity index is 1050. The number of carbonyl (C=O) groups is 3. The fourth-order valence-corrected chi connectivity index (χ4v) is 3.14. The molecule has 0 heterocycles. The van der Waals surface area contributed by atoms with Crippen LogP contribution < -0.4 is 37.5 Å². The summed E-state index contributed by atoms with van der Waals surface area (Å²) in [7, 11) is 0. The highest BCUT2D eigenvalue weighted by Gasteiger charge is 2.21. The van der Waals surface area contributed by atoms with Gasteiger partial charge in [0.15, 0.2) is 5.96 Å². The van der Waals surface area contributed by atoms with Gasteiger partial charge in [-0.05, 0) is 49.7 Å². The molecule has 0 aromatic heterocycles. The van der Waals surface area contributed by atoms with Gasteiger partial charge in [-0.25, -0.2) is 4.99 Å². The molecule has 0 aliphatic heterocycles. The fraction of sp³-hybridized carbons (Fsp3) is 0.304. The molecule has 8 N–H and O–H groups in total. The molecule has 12 nitrogen and oxygen atoms in total. The first-order chi connectivity index (χ1) is 16.7. The van der Waals surface area contributed by atoms with E-state index in [2.05, 4.69) is 20.5 Å². The molecule has 0 spiro atoms. The van der Waals surface area contributed by atoms with E-state index in [1.807, 2.05) is 13.8 Å². The second-order valence-electron chi connectivity index (χ2n) is 7.19. The summed E-state index contributed by atoms with van der Waals surface area (Å²) in [5, 5.41) is 5.22. The zero-order valence-electron chi connectivity index (χ0n) is 19.6. The van der Waals surface area contributed by atoms with E-state index in [-0.39, 0.29) is 24.5 Å². The molecule has 188 valence electrons. The molecule has 12 heteroatoms. The zero-order chi connectivity index (χ0) is 25.8. The normalized spacial score (nSPS) is 11.1. The number of guanidine groups is 1. The summed E-state index contributed by atoms with van der Waals surface area (Å²) in [4.78, 5) is 45.2. The molecule has 1 atom stereocenters. The van der Waals surface area contributed by atoms with Crippen molar-refractivity contribution in [3.05, 3.63) is 53.6 Å². The Hall–Kier alpha value is -4.32. The molecule has 2 amide bonds. The molecule has 0 aliphatic carbocycles. The van der Waals surface area contributed by atoms with Gasteiger partial charge >= 0.3 is 5.97 Å². The van der Waals surface area contributed by atoms with Crippen LogP contribution in [0.3, 0.4) is 0 Å². The van der Waals surface area contributed by atoms with Crippen molar-refractivity contribution in [2.75, 3.05) is 19.8 Å². The standard InChI is InChI=1S/C23H30N6O6/c1-3-33-17-9-15(10-18(11-17)34-4-2)19(12-21(31)35-26)29-20(30)13-27-22(32)14-6-5-7-16(8-14)28-23(24)25/h5-11,19H,3-4,12-13,26H2,1-2H3,(H,27,32)(H,29,30)(H4,24,25,28). The van der Waals surface area contributed by atoms with E-state index < -0.39 is 23.8 Å². The quantitative estimate of drug-likeness (QED) is 0.164. The number of amides is 2. The Morgan fingerprint density at radius 1 is 1.00 bits per heavy atom. The Morgan fingerprint density at radius 3 is 2.23 bits per heavy atom. The predicted octanol–water partition coefficient (Wildman–Crippen LogP) is 0.783. The fourth-order valence-electron chi connectivity index (χ4n) is 3.14. The summed E-state index contributed by atoms with van der Waals surface area (Å²) < 4.78 is 11.1. The lowest BCUT2D eigenvalue weighted by molar-refractivity contribution is -0.145. The summed E-state index contributed by atoms with van der Waals surface area (Å²) >= 11 is 0. The topological polar surface area (TPSA) is 193 Å². The molecule has 35 heavy (non-hydrogen) atoms. The maximum absolute atomic E-state index is 12.6. The van der Waals surface area contributed by atoms with E-state index in [1.165, 1.54) is 6.07 Å². The Balaban J connectivity index is 2.15. The highest BCUT2D eigenvalue weighted by atomic mass is 16.7. The lowest BCUT2D eigenvalue weighted by Gasteiger charge is -2.20. The Labute approximate surface area is 202 Å². The van der Waals surface area contributed by atoms with E-state index in [0.29, 0.717) is 36.0 Å². The van der Waals surface area contributed by atoms with E-state index in [4.69, 9.17) is 26.8 Å². The summed E-state index contributed by atoms with van der Waals surface area (Å²) in [5.41, 5.74) is 11.9. The predicted molar refractivity (Wildman–Crippen MR) is 129 cm³/mol. The molecule has 0 saturated carbocycles. The molecule has 0 bridgehead atoms. The number of rotatable bonds is 12. The number of carbonyl (C=O) groups excluding carboxylic acids is 3. The molecule has 0 radical (unpaired) electrons. The van der Waals surface area contributed by atoms with Gasteiger partial charge in [-0.3, -0.25) is 14.4 Å². The number of nitrogens with zero attached hydrogens (tertiary/aromatic N) is 1. The van der Waals surface area contributed by atoms with Crippen molar-refractivity contribution in [3.8, 4) is 11.5 Å². The molecule has 0 saturated heterocycles. The van der Waals surface area contributed by atoms with Gasteiger partial charge in [0.25, 0.3) is 5.91 Å². The van der Waals surface area contributed by atoms with Crippen LogP contribution in [-0.4, -0.2) is 43.5 Å². The molecule has 2 aromatic carbocycles. The van der Waals surface area contributed by atoms with Crippen LogP contribution in [0.5, 0.6) is 11.5 Å². The average molecular weight is 487 g/mol. The molecular weight excluding hydrogens is 456 g/mol. The molecule has 2 rings (SSSR count). The third kappa shape index (κ3) is 8.85. The summed E-state index contributed by atoms with van der Waals surface area (Å²) in [6.45, 7) is 4.12. The van der Waals surface area contributed by atoms with E-state index in [9.17, 15) is 14.4 Å². The number of hydrogen-bond acceptors (Lipinski definition) is 8. The number of hydrogen-bond donors (Lipinski definition) is 5. The largest absolute Gasteiger partial charge is 0.494 e. The highest BCUT2D eigenvalue weighted by molar-refractivity contribution is 5.97. The molecule has 0 aliphatic rings. The van der Waals surface area contributed by atoms with E-state index in [0.717, 1.165) is 0 Å². The van der Waals surface area contributed by atoms with Crippen LogP contribution in [0.4, 0.5) is 5.69 Å². The van der Waals surface area contributed by atoms with Gasteiger partial charge in [-0.15, -0.1) is 0 Å². The van der Waals surface area contributed by atoms with Crippen molar-refractivity contribution in [1.29, 1.82) is 0 Å². The van der Waals surface area contributed by atoms with E-state index >= 15 is 0 Å². The monoisotopic (exact) mass is 486 g/mol. The van der Waals surface area contributed by atoms with Crippen LogP contribution in [0.25, 0.3) is 0 Å². The number of nitrogens with two attached hydrogens (primary N) is 3. The van der Waals surface area contributed by atoms with Crippen LogP contribution in [0.1, 0.15) is 42.2 Å². The average Bonchev–Trinajstić information content (AvgIpc) is 2.82. The van der Waals surface area contributed by atoms with E-state index in [1.54, 1.807) is 36.4 Å². The summed E-state index contributed by atoms with van der Waals surface area (Å²) in [6, 6.07) is 10.5. The second-order valence-corrected chi connectivity index (χ2v) is 7.19. The zero-order valence-corrected chi connectivity index (χ0v) is 19.6. The van der Waals surface area contributed by atoms with Crippen LogP contribution in [0.2, 0.25) is 0 Å². The summed E-state index contributed by atoms with van der Waals surface area (Å²) in [6.07, 6.45) is -0.252. The molecule has 1 unspecified atom stereocenters. The van der Waals surface area contributed by atoms with Crippen LogP contribution in [-0.2, 0) is 14.4 Å². The number of aliphatic imine (C=N–C) groups is 1. The first kappa shape index (κ1) is 26.9. The van der Waals surface area contributed by atoms with Gasteiger partial charge in [0.2, 0.25) is 5.91 Å². The van der Waals surface area contributed by atoms with Crippen molar-refractivity contribution in [2.45, 2.75) is 26.3 Å². The minimum absolute atomic E-state index is 0.148. The van der Waals surface area contributed by atoms with Crippen molar-refractivity contribution in [3.63, 3.8) is 0 Å². The van der Waals surface area contributed by atoms with Crippen LogP contribution >= 0.6 is 0 Å². The molecule has 0 fully saturated rings. The lowest BCUT2D eigenvalue weighted by atomic mass is 10.0. The van der Waals surface area contributed by atoms with Gasteiger partial charge < -0.3 is 36.4 Å². The maximum atomic E-state index is 12.6. The maximum Gasteiger partial charge on any atom is 0.326 e. The third-order valence-electron chi connectivity index (χ3n) is 4.54. The second kappa shape index (κ2) is 13.4. The van der Waals surface area contributed by atoms with Crippen LogP contribution in [0, 0.1) is 0 Å². The number of benzene rings is 2. The smallest absolute Gasteiger partial charge is 0.326 e. The van der Waals surface area contributed by atoms with Crippen molar-refractivity contribution < 1.29 is 28.7 Å². The number of nitrogens with one attached hydrogen (secondary N) is 2. The van der Waals surface area contributed by atoms with Crippen molar-refractivity contribution in [2.24, 2.45) is 22.4 Å². The lowest BCUT2D eigenvalue weighted by Crippen LogP contribution is -2.39. The highest BCUT2D eigenvalue weighted by Crippen LogP contribution is 2.28. The molecule has 2 aromatic rings. The third-order valence-corrected chi connectivity index (χ3v) is 4.54. The van der Waals surface area contributed by atoms with Crippen LogP contribution in [0.15, 0.2) is 47.5 Å². The molecular formula is C23H30N6O6. The van der Waals surface area contributed by atoms with Gasteiger partial charge in [0.05, 0.1) is 37.9 Å². The van der Waals surface area contributed by atoms with Gasteiger partial charge in [-0.2, -0.15) is 5.90 Å². The minimum Gasteiger partial charge on any atom is -0.494 e. The van der Waals surface area contributed by atoms with Gasteiger partial charge in [-0.1, -0.05) is 6.07 Å².